The number of nitrogens with one attached hydrogen (secondary N) is 1. The molecule has 166 valence electrons. The molecule has 3 N–H and O–H groups in total. The van der Waals surface area contributed by atoms with Crippen LogP contribution in [0.15, 0.2) is 131 Å². The van der Waals surface area contributed by atoms with E-state index in [2.05, 4.69) is 26.5 Å². The van der Waals surface area contributed by atoms with Gasteiger partial charge in [-0.3, -0.25) is 9.89 Å². The van der Waals surface area contributed by atoms with Crippen LogP contribution in [0.4, 0.5) is 5.82 Å². The van der Waals surface area contributed by atoms with Crippen LogP contribution in [0.2, 0.25) is 0 Å². The Morgan fingerprint density at radius 3 is 2.29 bits per heavy atom. The van der Waals surface area contributed by atoms with Crippen LogP contribution < -0.4 is 5.73 Å². The largest absolute Gasteiger partial charge is 0.366 e. The van der Waals surface area contributed by atoms with Crippen molar-refractivity contribution in [2.45, 2.75) is 0 Å². The quantitative estimate of drug-likeness (QED) is 0.445. The summed E-state index contributed by atoms with van der Waals surface area (Å²) in [5.41, 5.74) is 7.70. The fourth-order valence-corrected chi connectivity index (χ4v) is 3.42. The lowest BCUT2D eigenvalue weighted by molar-refractivity contribution is -0.114. The summed E-state index contributed by atoms with van der Waals surface area (Å²) in [6.45, 7) is 0. The number of carbonyl (C=O) groups excluding carboxylic acids is 1. The standard InChI is InChI=1S/C28H23N5O/c29-27(34)21-14-9-7-5-3-1-2-4-6-8-12-19-30-32-28-25-23(17-13-16-21)20-22-15-10-11-18-24(22)26(25)31-33-28/h1-20H,(H2,29,34)(H,31,33). The van der Waals surface area contributed by atoms with Crippen LogP contribution in [0, 0.1) is 0 Å². The number of primary amides is 1. The van der Waals surface area contributed by atoms with E-state index in [0.717, 1.165) is 27.2 Å². The van der Waals surface area contributed by atoms with Crippen molar-refractivity contribution in [3.8, 4) is 0 Å². The normalized spacial score (nSPS) is 14.5. The second-order valence-electron chi connectivity index (χ2n) is 7.29. The van der Waals surface area contributed by atoms with Crippen molar-refractivity contribution in [2.24, 2.45) is 16.0 Å². The van der Waals surface area contributed by atoms with Crippen LogP contribution in [0.1, 0.15) is 5.56 Å². The summed E-state index contributed by atoms with van der Waals surface area (Å²) in [6, 6.07) is 10.1. The molecule has 3 aromatic rings. The second kappa shape index (κ2) is 11.2. The minimum atomic E-state index is -0.508. The SMILES string of the molecule is NC(=O)C1=CC=Cc2cc3ccccc3c3[nH]nc(c23)N=NC=CC=CC=CC=CC=CC=C1. The lowest BCUT2D eigenvalue weighted by Crippen LogP contribution is -2.12. The topological polar surface area (TPSA) is 96.5 Å². The van der Waals surface area contributed by atoms with Crippen LogP contribution >= 0.6 is 0 Å². The van der Waals surface area contributed by atoms with E-state index >= 15 is 0 Å². The van der Waals surface area contributed by atoms with E-state index in [9.17, 15) is 4.79 Å². The molecule has 0 aliphatic carbocycles. The van der Waals surface area contributed by atoms with E-state index < -0.39 is 5.91 Å². The van der Waals surface area contributed by atoms with Gasteiger partial charge in [-0.25, -0.2) is 0 Å². The highest BCUT2D eigenvalue weighted by molar-refractivity contribution is 6.12. The van der Waals surface area contributed by atoms with Crippen LogP contribution in [0.5, 0.6) is 0 Å². The van der Waals surface area contributed by atoms with E-state index in [1.54, 1.807) is 36.6 Å². The smallest absolute Gasteiger partial charge is 0.248 e. The molecular formula is C28H23N5O. The number of azo groups is 1. The molecular weight excluding hydrogens is 422 g/mol. The fraction of sp³-hybridized carbons (Fsp3) is 0. The maximum absolute atomic E-state index is 11.9. The molecule has 0 unspecified atom stereocenters. The number of aromatic nitrogens is 2. The molecule has 2 aromatic carbocycles. The fourth-order valence-electron chi connectivity index (χ4n) is 3.42. The van der Waals surface area contributed by atoms with Gasteiger partial charge in [0.05, 0.1) is 10.9 Å². The van der Waals surface area contributed by atoms with Crippen molar-refractivity contribution < 1.29 is 4.79 Å². The number of aromatic amines is 1. The number of amides is 1. The zero-order valence-corrected chi connectivity index (χ0v) is 18.4. The maximum Gasteiger partial charge on any atom is 0.248 e. The van der Waals surface area contributed by atoms with Crippen molar-refractivity contribution in [2.75, 3.05) is 0 Å². The van der Waals surface area contributed by atoms with Gasteiger partial charge >= 0.3 is 0 Å². The molecule has 1 aromatic heterocycles. The van der Waals surface area contributed by atoms with Crippen LogP contribution in [-0.4, -0.2) is 16.1 Å². The molecule has 34 heavy (non-hydrogen) atoms. The Labute approximate surface area is 197 Å². The van der Waals surface area contributed by atoms with E-state index in [1.165, 1.54) is 0 Å². The molecule has 0 atom stereocenters. The minimum absolute atomic E-state index is 0.384. The van der Waals surface area contributed by atoms with Crippen LogP contribution in [0.3, 0.4) is 0 Å². The number of benzene rings is 2. The Bertz CT molecular complexity index is 1470. The third-order valence-electron chi connectivity index (χ3n) is 4.99. The van der Waals surface area contributed by atoms with E-state index in [-0.39, 0.29) is 0 Å². The van der Waals surface area contributed by atoms with Gasteiger partial charge in [0.2, 0.25) is 11.7 Å². The van der Waals surface area contributed by atoms with Gasteiger partial charge in [-0.15, -0.1) is 5.11 Å². The van der Waals surface area contributed by atoms with Gasteiger partial charge in [0.15, 0.2) is 0 Å². The minimum Gasteiger partial charge on any atom is -0.366 e. The number of rotatable bonds is 1. The number of hydrogen-bond donors (Lipinski definition) is 2. The third kappa shape index (κ3) is 5.49. The van der Waals surface area contributed by atoms with Gasteiger partial charge < -0.3 is 5.73 Å². The molecule has 6 heteroatoms. The van der Waals surface area contributed by atoms with Crippen molar-refractivity contribution >= 4 is 39.5 Å². The van der Waals surface area contributed by atoms with Crippen LogP contribution in [0.25, 0.3) is 27.8 Å². The molecule has 6 nitrogen and oxygen atoms in total. The average molecular weight is 446 g/mol. The molecule has 0 spiro atoms. The number of allylic oxidation sites excluding steroid dienone is 12. The summed E-state index contributed by atoms with van der Waals surface area (Å²) in [6.07, 6.45) is 27.3. The van der Waals surface area contributed by atoms with Crippen molar-refractivity contribution in [3.63, 3.8) is 0 Å². The summed E-state index contributed by atoms with van der Waals surface area (Å²) in [5.74, 6) is -0.0275. The molecule has 1 amide bonds. The first-order valence-electron chi connectivity index (χ1n) is 10.7. The number of hydrogen-bond acceptors (Lipinski definition) is 4. The summed E-state index contributed by atoms with van der Waals surface area (Å²) < 4.78 is 0. The predicted octanol–water partition coefficient (Wildman–Crippen LogP) is 6.53. The molecule has 0 radical (unpaired) electrons. The van der Waals surface area contributed by atoms with E-state index in [4.69, 9.17) is 5.73 Å². The highest BCUT2D eigenvalue weighted by Crippen LogP contribution is 2.34. The molecule has 1 aliphatic rings. The molecule has 4 rings (SSSR count). The highest BCUT2D eigenvalue weighted by atomic mass is 16.1. The Balaban J connectivity index is 1.84. The summed E-state index contributed by atoms with van der Waals surface area (Å²) in [5, 5.41) is 18.9. The van der Waals surface area contributed by atoms with E-state index in [1.807, 2.05) is 78.9 Å². The number of fused-ring (bicyclic) bond motifs is 2. The molecule has 1 aliphatic heterocycles. The first kappa shape index (κ1) is 22.4. The molecule has 0 bridgehead atoms. The molecule has 2 heterocycles. The summed E-state index contributed by atoms with van der Waals surface area (Å²) in [4.78, 5) is 11.9. The third-order valence-corrected chi connectivity index (χ3v) is 4.99. The molecule has 0 saturated carbocycles. The van der Waals surface area contributed by atoms with Gasteiger partial charge in [0.25, 0.3) is 0 Å². The van der Waals surface area contributed by atoms with Crippen molar-refractivity contribution in [1.82, 2.24) is 10.2 Å². The van der Waals surface area contributed by atoms with Crippen molar-refractivity contribution in [1.29, 1.82) is 0 Å². The number of nitrogens with zero attached hydrogens (tertiary/aromatic N) is 3. The first-order valence-corrected chi connectivity index (χ1v) is 10.7. The number of H-pyrrole nitrogens is 1. The summed E-state index contributed by atoms with van der Waals surface area (Å²) in [7, 11) is 0. The Hall–Kier alpha value is -4.84. The maximum atomic E-state index is 11.9. The van der Waals surface area contributed by atoms with Gasteiger partial charge in [-0.1, -0.05) is 91.1 Å². The molecule has 0 fully saturated rings. The van der Waals surface area contributed by atoms with Crippen molar-refractivity contribution in [3.05, 3.63) is 127 Å². The van der Waals surface area contributed by atoms with Gasteiger partial charge in [0.1, 0.15) is 0 Å². The lowest BCUT2D eigenvalue weighted by Gasteiger charge is -2.03. The van der Waals surface area contributed by atoms with Crippen LogP contribution in [-0.2, 0) is 4.79 Å². The summed E-state index contributed by atoms with van der Waals surface area (Å²) >= 11 is 0. The monoisotopic (exact) mass is 445 g/mol. The zero-order valence-electron chi connectivity index (χ0n) is 18.4. The van der Waals surface area contributed by atoms with E-state index in [0.29, 0.717) is 11.4 Å². The average Bonchev–Trinajstić information content (AvgIpc) is 3.27. The molecule has 0 saturated heterocycles. The van der Waals surface area contributed by atoms with Gasteiger partial charge in [0, 0.05) is 17.2 Å². The Morgan fingerprint density at radius 1 is 0.824 bits per heavy atom. The first-order chi connectivity index (χ1) is 16.7. The Morgan fingerprint density at radius 2 is 1.53 bits per heavy atom. The zero-order chi connectivity index (χ0) is 23.6. The Kier molecular flexibility index (Phi) is 7.33. The van der Waals surface area contributed by atoms with Gasteiger partial charge in [-0.05, 0) is 35.2 Å². The second-order valence-corrected chi connectivity index (χ2v) is 7.29. The number of carbonyl (C=O) groups is 1. The highest BCUT2D eigenvalue weighted by Gasteiger charge is 2.12. The number of nitrogens with two attached hydrogens (primary N) is 1. The lowest BCUT2D eigenvalue weighted by atomic mass is 10.0. The van der Waals surface area contributed by atoms with Gasteiger partial charge in [-0.2, -0.15) is 10.2 Å². The predicted molar refractivity (Wildman–Crippen MR) is 139 cm³/mol.